The number of morpholine rings is 1. The van der Waals surface area contributed by atoms with Crippen LogP contribution in [0.5, 0.6) is 0 Å². The van der Waals surface area contributed by atoms with Crippen LogP contribution in [0.3, 0.4) is 0 Å². The summed E-state index contributed by atoms with van der Waals surface area (Å²) in [5.41, 5.74) is 5.63. The van der Waals surface area contributed by atoms with E-state index in [1.54, 1.807) is 0 Å². The molecule has 1 saturated heterocycles. The van der Waals surface area contributed by atoms with Crippen LogP contribution in [0.2, 0.25) is 0 Å². The lowest BCUT2D eigenvalue weighted by Crippen LogP contribution is -2.50. The zero-order valence-corrected chi connectivity index (χ0v) is 13.2. The normalized spacial score (nSPS) is 19.9. The Balaban J connectivity index is 2.49. The fraction of sp³-hybridized carbons (Fsp3) is 0.933. The molecule has 2 atom stereocenters. The van der Waals surface area contributed by atoms with Crippen molar-refractivity contribution in [3.63, 3.8) is 0 Å². The van der Waals surface area contributed by atoms with E-state index in [0.717, 1.165) is 39.1 Å². The summed E-state index contributed by atoms with van der Waals surface area (Å²) >= 11 is 0. The summed E-state index contributed by atoms with van der Waals surface area (Å²) in [6.07, 6.45) is 1.90. The van der Waals surface area contributed by atoms with Gasteiger partial charge in [-0.3, -0.25) is 9.69 Å². The molecular weight excluding hydrogens is 254 g/mol. The maximum Gasteiger partial charge on any atom is 0.224 e. The number of hydrogen-bond acceptors (Lipinski definition) is 4. The predicted octanol–water partition coefficient (Wildman–Crippen LogP) is 0.834. The number of ether oxygens (including phenoxy) is 1. The molecule has 0 aromatic heterocycles. The lowest BCUT2D eigenvalue weighted by Gasteiger charge is -2.35. The number of nitrogens with one attached hydrogen (secondary N) is 1. The molecule has 1 aliphatic rings. The molecule has 118 valence electrons. The van der Waals surface area contributed by atoms with E-state index in [2.05, 4.69) is 24.1 Å². The van der Waals surface area contributed by atoms with Gasteiger partial charge in [0, 0.05) is 38.1 Å². The Morgan fingerprint density at radius 2 is 2.00 bits per heavy atom. The molecule has 5 nitrogen and oxygen atoms in total. The molecule has 0 bridgehead atoms. The van der Waals surface area contributed by atoms with Gasteiger partial charge in [-0.2, -0.15) is 0 Å². The van der Waals surface area contributed by atoms with E-state index in [-0.39, 0.29) is 11.8 Å². The summed E-state index contributed by atoms with van der Waals surface area (Å²) in [5, 5.41) is 3.09. The van der Waals surface area contributed by atoms with Gasteiger partial charge in [-0.15, -0.1) is 0 Å². The van der Waals surface area contributed by atoms with Gasteiger partial charge < -0.3 is 15.8 Å². The number of rotatable bonds is 8. The van der Waals surface area contributed by atoms with Gasteiger partial charge in [-0.1, -0.05) is 20.8 Å². The lowest BCUT2D eigenvalue weighted by atomic mass is 10.0. The Hall–Kier alpha value is -0.650. The van der Waals surface area contributed by atoms with Crippen LogP contribution in [-0.4, -0.2) is 56.2 Å². The van der Waals surface area contributed by atoms with Crippen LogP contribution < -0.4 is 11.1 Å². The van der Waals surface area contributed by atoms with Crippen molar-refractivity contribution in [3.8, 4) is 0 Å². The Morgan fingerprint density at radius 3 is 2.50 bits per heavy atom. The fourth-order valence-corrected chi connectivity index (χ4v) is 2.67. The summed E-state index contributed by atoms with van der Waals surface area (Å²) in [4.78, 5) is 14.5. The molecule has 3 N–H and O–H groups in total. The van der Waals surface area contributed by atoms with Gasteiger partial charge in [0.25, 0.3) is 0 Å². The minimum atomic E-state index is -0.0561. The Kier molecular flexibility index (Phi) is 8.11. The smallest absolute Gasteiger partial charge is 0.224 e. The van der Waals surface area contributed by atoms with Crippen molar-refractivity contribution in [1.29, 1.82) is 0 Å². The Labute approximate surface area is 123 Å². The van der Waals surface area contributed by atoms with Crippen molar-refractivity contribution in [2.24, 2.45) is 17.6 Å². The third kappa shape index (κ3) is 5.77. The van der Waals surface area contributed by atoms with E-state index in [4.69, 9.17) is 10.5 Å². The predicted molar refractivity (Wildman–Crippen MR) is 81.5 cm³/mol. The minimum Gasteiger partial charge on any atom is -0.379 e. The van der Waals surface area contributed by atoms with E-state index in [9.17, 15) is 4.79 Å². The van der Waals surface area contributed by atoms with Gasteiger partial charge in [-0.25, -0.2) is 0 Å². The lowest BCUT2D eigenvalue weighted by molar-refractivity contribution is -0.125. The van der Waals surface area contributed by atoms with E-state index in [0.29, 0.717) is 25.0 Å². The molecule has 1 amide bonds. The van der Waals surface area contributed by atoms with Crippen molar-refractivity contribution in [1.82, 2.24) is 10.2 Å². The molecule has 5 heteroatoms. The monoisotopic (exact) mass is 285 g/mol. The molecule has 1 aliphatic heterocycles. The first kappa shape index (κ1) is 17.4. The molecule has 0 saturated carbocycles. The van der Waals surface area contributed by atoms with Crippen molar-refractivity contribution < 1.29 is 9.53 Å². The van der Waals surface area contributed by atoms with Crippen LogP contribution in [0.15, 0.2) is 0 Å². The highest BCUT2D eigenvalue weighted by molar-refractivity contribution is 5.78. The first-order valence-corrected chi connectivity index (χ1v) is 7.88. The second kappa shape index (κ2) is 9.32. The number of carbonyl (C=O) groups excluding carboxylic acids is 1. The number of amides is 1. The highest BCUT2D eigenvalue weighted by Crippen LogP contribution is 2.13. The van der Waals surface area contributed by atoms with E-state index in [1.165, 1.54) is 0 Å². The van der Waals surface area contributed by atoms with Crippen LogP contribution >= 0.6 is 0 Å². The highest BCUT2D eigenvalue weighted by atomic mass is 16.5. The molecule has 1 fully saturated rings. The molecule has 0 spiro atoms. The number of carbonyl (C=O) groups is 1. The summed E-state index contributed by atoms with van der Waals surface area (Å²) in [5.74, 6) is 0.660. The zero-order chi connectivity index (χ0) is 15.0. The molecule has 20 heavy (non-hydrogen) atoms. The third-order valence-corrected chi connectivity index (χ3v) is 3.97. The van der Waals surface area contributed by atoms with Crippen molar-refractivity contribution in [2.75, 3.05) is 39.4 Å². The van der Waals surface area contributed by atoms with Crippen LogP contribution in [0.25, 0.3) is 0 Å². The Bertz CT molecular complexity index is 274. The van der Waals surface area contributed by atoms with Gasteiger partial charge in [0.2, 0.25) is 5.91 Å². The topological polar surface area (TPSA) is 67.6 Å². The first-order valence-electron chi connectivity index (χ1n) is 7.88. The van der Waals surface area contributed by atoms with E-state index in [1.807, 2.05) is 6.92 Å². The number of hydrogen-bond donors (Lipinski definition) is 2. The quantitative estimate of drug-likeness (QED) is 0.693. The molecule has 1 rings (SSSR count). The molecule has 2 unspecified atom stereocenters. The molecule has 0 radical (unpaired) electrons. The standard InChI is InChI=1S/C15H31N3O2/c1-4-13(10-16)15(19)17-11-14(9-12(2)3)18-5-7-20-8-6-18/h12-14H,4-11,16H2,1-3H3,(H,17,19). The highest BCUT2D eigenvalue weighted by Gasteiger charge is 2.23. The van der Waals surface area contributed by atoms with Crippen LogP contribution in [0.4, 0.5) is 0 Å². The zero-order valence-electron chi connectivity index (χ0n) is 13.2. The minimum absolute atomic E-state index is 0.0561. The van der Waals surface area contributed by atoms with Gasteiger partial charge in [0.15, 0.2) is 0 Å². The second-order valence-corrected chi connectivity index (χ2v) is 6.02. The molecular formula is C15H31N3O2. The number of nitrogens with zero attached hydrogens (tertiary/aromatic N) is 1. The van der Waals surface area contributed by atoms with Crippen molar-refractivity contribution >= 4 is 5.91 Å². The second-order valence-electron chi connectivity index (χ2n) is 6.02. The van der Waals surface area contributed by atoms with Crippen molar-refractivity contribution in [2.45, 2.75) is 39.7 Å². The summed E-state index contributed by atoms with van der Waals surface area (Å²) < 4.78 is 5.41. The molecule has 0 aliphatic carbocycles. The maximum atomic E-state index is 12.0. The van der Waals surface area contributed by atoms with Gasteiger partial charge in [0.1, 0.15) is 0 Å². The van der Waals surface area contributed by atoms with Gasteiger partial charge in [-0.05, 0) is 18.8 Å². The summed E-state index contributed by atoms with van der Waals surface area (Å²) in [6.45, 7) is 11.1. The number of nitrogens with two attached hydrogens (primary N) is 1. The van der Waals surface area contributed by atoms with Gasteiger partial charge >= 0.3 is 0 Å². The Morgan fingerprint density at radius 1 is 1.35 bits per heavy atom. The molecule has 0 aromatic rings. The SMILES string of the molecule is CCC(CN)C(=O)NCC(CC(C)C)N1CCOCC1. The summed E-state index contributed by atoms with van der Waals surface area (Å²) in [7, 11) is 0. The largest absolute Gasteiger partial charge is 0.379 e. The fourth-order valence-electron chi connectivity index (χ4n) is 2.67. The van der Waals surface area contributed by atoms with E-state index < -0.39 is 0 Å². The first-order chi connectivity index (χ1) is 9.58. The molecule has 0 aromatic carbocycles. The molecule has 1 heterocycles. The third-order valence-electron chi connectivity index (χ3n) is 3.97. The van der Waals surface area contributed by atoms with Crippen LogP contribution in [0.1, 0.15) is 33.6 Å². The van der Waals surface area contributed by atoms with E-state index >= 15 is 0 Å². The van der Waals surface area contributed by atoms with Crippen LogP contribution in [0, 0.1) is 11.8 Å². The average molecular weight is 285 g/mol. The van der Waals surface area contributed by atoms with Gasteiger partial charge in [0.05, 0.1) is 13.2 Å². The van der Waals surface area contributed by atoms with Crippen LogP contribution in [-0.2, 0) is 9.53 Å². The average Bonchev–Trinajstić information content (AvgIpc) is 2.45. The summed E-state index contributed by atoms with van der Waals surface area (Å²) in [6, 6.07) is 0.401. The maximum absolute atomic E-state index is 12.0. The van der Waals surface area contributed by atoms with Crippen molar-refractivity contribution in [3.05, 3.63) is 0 Å².